The minimum absolute atomic E-state index is 0.964. The van der Waals surface area contributed by atoms with Gasteiger partial charge < -0.3 is 4.90 Å². The van der Waals surface area contributed by atoms with E-state index >= 15 is 0 Å². The van der Waals surface area contributed by atoms with E-state index in [9.17, 15) is 0 Å². The minimum Gasteiger partial charge on any atom is -0.311 e. The summed E-state index contributed by atoms with van der Waals surface area (Å²) in [6.45, 7) is 3.15. The quantitative estimate of drug-likeness (QED) is 0.159. The number of fused-ring (bicyclic) bond motifs is 1. The Bertz CT molecular complexity index is 1960. The number of aromatic nitrogens is 1. The molecule has 3 aromatic heterocycles. The second-order valence-corrected chi connectivity index (χ2v) is 12.5. The molecule has 0 spiro atoms. The number of rotatable bonds is 8. The summed E-state index contributed by atoms with van der Waals surface area (Å²) in [7, 11) is 0. The molecule has 3 heterocycles. The Balaban J connectivity index is 1.11. The minimum atomic E-state index is 0.964. The second kappa shape index (κ2) is 12.2. The molecule has 0 bridgehead atoms. The molecule has 7 rings (SSSR count). The van der Waals surface area contributed by atoms with Crippen LogP contribution in [-0.2, 0) is 6.54 Å². The first-order valence-corrected chi connectivity index (χ1v) is 16.2. The maximum Gasteiger partial charge on any atom is 0.213 e. The van der Waals surface area contributed by atoms with Crippen LogP contribution in [0.25, 0.3) is 43.2 Å². The van der Waals surface area contributed by atoms with E-state index in [1.54, 1.807) is 0 Å². The first kappa shape index (κ1) is 27.1. The summed E-state index contributed by atoms with van der Waals surface area (Å²) in [5, 5.41) is 1.28. The van der Waals surface area contributed by atoms with Crippen molar-refractivity contribution in [2.75, 3.05) is 4.90 Å². The number of aryl methyl sites for hydroxylation is 1. The van der Waals surface area contributed by atoms with Gasteiger partial charge in [-0.25, -0.2) is 0 Å². The fourth-order valence-corrected chi connectivity index (χ4v) is 7.49. The smallest absolute Gasteiger partial charge is 0.213 e. The van der Waals surface area contributed by atoms with Gasteiger partial charge in [-0.3, -0.25) is 0 Å². The van der Waals surface area contributed by atoms with E-state index in [2.05, 4.69) is 174 Å². The molecule has 4 heteroatoms. The lowest BCUT2D eigenvalue weighted by Gasteiger charge is -2.25. The zero-order valence-electron chi connectivity index (χ0n) is 23.9. The first-order chi connectivity index (χ1) is 21.3. The average Bonchev–Trinajstić information content (AvgIpc) is 3.76. The van der Waals surface area contributed by atoms with E-state index in [1.807, 2.05) is 22.7 Å². The standard InChI is InChI=1S/C39H31N2S2/c1-2-40-28-27-29(35-15-9-10-16-36(35)40)19-22-34-23-24-38(42-34)39-26-25-37(43-39)30-17-20-33(21-18-30)41(31-11-5-3-6-12-31)32-13-7-4-8-14-32/h3-28H,2H2,1H3/q+1. The van der Waals surface area contributed by atoms with Crippen molar-refractivity contribution in [2.24, 2.45) is 0 Å². The van der Waals surface area contributed by atoms with E-state index in [-0.39, 0.29) is 0 Å². The zero-order valence-corrected chi connectivity index (χ0v) is 25.6. The lowest BCUT2D eigenvalue weighted by atomic mass is 10.1. The molecule has 0 fully saturated rings. The van der Waals surface area contributed by atoms with Crippen molar-refractivity contribution in [1.29, 1.82) is 0 Å². The number of nitrogens with zero attached hydrogens (tertiary/aromatic N) is 2. The van der Waals surface area contributed by atoms with Crippen LogP contribution in [0.1, 0.15) is 17.4 Å². The van der Waals surface area contributed by atoms with E-state index < -0.39 is 0 Å². The van der Waals surface area contributed by atoms with Crippen LogP contribution in [0.4, 0.5) is 17.1 Å². The van der Waals surface area contributed by atoms with Gasteiger partial charge in [-0.1, -0.05) is 66.7 Å². The molecule has 0 N–H and O–H groups in total. The van der Waals surface area contributed by atoms with Crippen LogP contribution in [0.15, 0.2) is 146 Å². The summed E-state index contributed by atoms with van der Waals surface area (Å²) in [4.78, 5) is 7.43. The van der Waals surface area contributed by atoms with Gasteiger partial charge in [-0.2, -0.15) is 4.57 Å². The first-order valence-electron chi connectivity index (χ1n) is 14.6. The van der Waals surface area contributed by atoms with Crippen molar-refractivity contribution in [3.05, 3.63) is 156 Å². The lowest BCUT2D eigenvalue weighted by Crippen LogP contribution is -2.32. The van der Waals surface area contributed by atoms with Gasteiger partial charge in [0.2, 0.25) is 5.52 Å². The molecular formula is C39H31N2S2+. The predicted molar refractivity (Wildman–Crippen MR) is 186 cm³/mol. The molecule has 4 aromatic carbocycles. The molecular weight excluding hydrogens is 561 g/mol. The lowest BCUT2D eigenvalue weighted by molar-refractivity contribution is -0.667. The third-order valence-corrected chi connectivity index (χ3v) is 10.0. The fraction of sp³-hybridized carbons (Fsp3) is 0.0513. The molecule has 7 aromatic rings. The number of thiophene rings is 2. The highest BCUT2D eigenvalue weighted by molar-refractivity contribution is 7.24. The van der Waals surface area contributed by atoms with Gasteiger partial charge in [-0.15, -0.1) is 22.7 Å². The highest BCUT2D eigenvalue weighted by Gasteiger charge is 2.13. The van der Waals surface area contributed by atoms with Gasteiger partial charge in [0.1, 0.15) is 6.54 Å². The van der Waals surface area contributed by atoms with Crippen LogP contribution in [0.3, 0.4) is 0 Å². The molecule has 0 aliphatic heterocycles. The molecule has 0 amide bonds. The Hall–Kier alpha value is -4.77. The van der Waals surface area contributed by atoms with E-state index in [0.29, 0.717) is 0 Å². The van der Waals surface area contributed by atoms with Gasteiger partial charge in [0.15, 0.2) is 6.20 Å². The molecule has 0 aliphatic rings. The van der Waals surface area contributed by atoms with Crippen LogP contribution in [0.5, 0.6) is 0 Å². The second-order valence-electron chi connectivity index (χ2n) is 10.3. The van der Waals surface area contributed by atoms with Crippen molar-refractivity contribution in [2.45, 2.75) is 13.5 Å². The van der Waals surface area contributed by atoms with Crippen LogP contribution >= 0.6 is 22.7 Å². The van der Waals surface area contributed by atoms with Gasteiger partial charge in [-0.05, 0) is 90.9 Å². The summed E-state index contributed by atoms with van der Waals surface area (Å²) in [5.74, 6) is 0. The monoisotopic (exact) mass is 591 g/mol. The molecule has 0 atom stereocenters. The summed E-state index contributed by atoms with van der Waals surface area (Å²) >= 11 is 3.69. The summed E-state index contributed by atoms with van der Waals surface area (Å²) in [6, 6.07) is 49.8. The third-order valence-electron chi connectivity index (χ3n) is 7.64. The molecule has 0 radical (unpaired) electrons. The average molecular weight is 592 g/mol. The van der Waals surface area contributed by atoms with E-state index in [0.717, 1.165) is 23.6 Å². The normalized spacial score (nSPS) is 11.4. The Morgan fingerprint density at radius 3 is 1.88 bits per heavy atom. The maximum absolute atomic E-state index is 2.30. The molecule has 0 unspecified atom stereocenters. The maximum atomic E-state index is 2.30. The van der Waals surface area contributed by atoms with Crippen LogP contribution in [-0.4, -0.2) is 0 Å². The van der Waals surface area contributed by atoms with Crippen LogP contribution in [0.2, 0.25) is 0 Å². The Kier molecular flexibility index (Phi) is 7.70. The number of hydrogen-bond acceptors (Lipinski definition) is 3. The highest BCUT2D eigenvalue weighted by atomic mass is 32.1. The van der Waals surface area contributed by atoms with Gasteiger partial charge in [0.25, 0.3) is 0 Å². The molecule has 208 valence electrons. The summed E-state index contributed by atoms with van der Waals surface area (Å²) in [6.07, 6.45) is 6.67. The number of benzene rings is 4. The predicted octanol–water partition coefficient (Wildman–Crippen LogP) is 11.2. The Morgan fingerprint density at radius 2 is 1.16 bits per heavy atom. The molecule has 0 saturated carbocycles. The molecule has 43 heavy (non-hydrogen) atoms. The Labute approximate surface area is 261 Å². The van der Waals surface area contributed by atoms with Gasteiger partial charge >= 0.3 is 0 Å². The van der Waals surface area contributed by atoms with Crippen LogP contribution < -0.4 is 9.47 Å². The molecule has 0 saturated heterocycles. The molecule has 0 aliphatic carbocycles. The van der Waals surface area contributed by atoms with Gasteiger partial charge in [0, 0.05) is 48.7 Å². The van der Waals surface area contributed by atoms with Crippen LogP contribution in [0, 0.1) is 0 Å². The van der Waals surface area contributed by atoms with Gasteiger partial charge in [0.05, 0.1) is 5.39 Å². The number of hydrogen-bond donors (Lipinski definition) is 0. The van der Waals surface area contributed by atoms with E-state index in [4.69, 9.17) is 0 Å². The van der Waals surface area contributed by atoms with Crippen molar-refractivity contribution >= 4 is 62.8 Å². The molecule has 2 nitrogen and oxygen atoms in total. The van der Waals surface area contributed by atoms with E-state index in [1.165, 1.54) is 41.5 Å². The number of anilines is 3. The number of pyridine rings is 1. The van der Waals surface area contributed by atoms with Crippen molar-refractivity contribution in [3.8, 4) is 20.2 Å². The zero-order chi connectivity index (χ0) is 29.0. The van der Waals surface area contributed by atoms with Crippen molar-refractivity contribution in [1.82, 2.24) is 0 Å². The summed E-state index contributed by atoms with van der Waals surface area (Å²) in [5.41, 5.74) is 7.18. The SMILES string of the molecule is CC[n+]1ccc(/C=C/c2ccc(-c3ccc(-c4ccc(N(c5ccccc5)c5ccccc5)cc4)s3)s2)c2ccccc21. The highest BCUT2D eigenvalue weighted by Crippen LogP contribution is 2.40. The Morgan fingerprint density at radius 1 is 0.558 bits per heavy atom. The summed E-state index contributed by atoms with van der Waals surface area (Å²) < 4.78 is 2.29. The topological polar surface area (TPSA) is 7.12 Å². The fourth-order valence-electron chi connectivity index (χ4n) is 5.48. The van der Waals surface area contributed by atoms with Crippen molar-refractivity contribution < 1.29 is 4.57 Å². The number of para-hydroxylation sites is 3. The third kappa shape index (κ3) is 5.68. The van der Waals surface area contributed by atoms with Crippen molar-refractivity contribution in [3.63, 3.8) is 0 Å². The largest absolute Gasteiger partial charge is 0.311 e.